The summed E-state index contributed by atoms with van der Waals surface area (Å²) in [6, 6.07) is 10.4. The van der Waals surface area contributed by atoms with Crippen molar-refractivity contribution in [2.75, 3.05) is 0 Å². The molecule has 3 aliphatic rings. The molecule has 2 fully saturated rings. The first-order chi connectivity index (χ1) is 6.90. The first-order valence-electron chi connectivity index (χ1n) is 4.98. The van der Waals surface area contributed by atoms with Crippen molar-refractivity contribution in [1.29, 1.82) is 0 Å². The van der Waals surface area contributed by atoms with Gasteiger partial charge in [-0.15, -0.1) is 0 Å². The standard InChI is InChI=1S/C12H10O2/c1-2-4-8(5-3-1)12-7-6-9-10(13-9)11(12)14-12/h1-7,9-11H. The molecule has 0 aromatic heterocycles. The van der Waals surface area contributed by atoms with Crippen molar-refractivity contribution >= 4 is 0 Å². The third kappa shape index (κ3) is 0.740. The molecule has 0 N–H and O–H groups in total. The van der Waals surface area contributed by atoms with Gasteiger partial charge in [0.25, 0.3) is 0 Å². The van der Waals surface area contributed by atoms with E-state index in [9.17, 15) is 0 Å². The quantitative estimate of drug-likeness (QED) is 0.492. The molecule has 0 radical (unpaired) electrons. The Bertz CT molecular complexity index is 412. The van der Waals surface area contributed by atoms with Crippen molar-refractivity contribution in [2.45, 2.75) is 23.9 Å². The van der Waals surface area contributed by atoms with E-state index < -0.39 is 0 Å². The molecular weight excluding hydrogens is 176 g/mol. The maximum absolute atomic E-state index is 5.79. The van der Waals surface area contributed by atoms with Crippen molar-refractivity contribution in [3.8, 4) is 0 Å². The third-order valence-electron chi connectivity index (χ3n) is 3.31. The molecule has 2 heterocycles. The van der Waals surface area contributed by atoms with Gasteiger partial charge in [0.2, 0.25) is 0 Å². The fourth-order valence-electron chi connectivity index (χ4n) is 2.42. The van der Waals surface area contributed by atoms with Crippen LogP contribution in [0.4, 0.5) is 0 Å². The van der Waals surface area contributed by atoms with Gasteiger partial charge in [-0.25, -0.2) is 0 Å². The number of fused-ring (bicyclic) bond motifs is 3. The van der Waals surface area contributed by atoms with Crippen LogP contribution in [-0.4, -0.2) is 18.3 Å². The molecule has 4 rings (SSSR count). The molecule has 14 heavy (non-hydrogen) atoms. The van der Waals surface area contributed by atoms with Crippen LogP contribution >= 0.6 is 0 Å². The molecule has 4 atom stereocenters. The van der Waals surface area contributed by atoms with E-state index in [0.717, 1.165) is 0 Å². The van der Waals surface area contributed by atoms with E-state index in [1.807, 2.05) is 6.07 Å². The van der Waals surface area contributed by atoms with E-state index in [0.29, 0.717) is 12.2 Å². The lowest BCUT2D eigenvalue weighted by molar-refractivity contribution is 0.294. The number of rotatable bonds is 1. The van der Waals surface area contributed by atoms with Gasteiger partial charge in [0.15, 0.2) is 0 Å². The van der Waals surface area contributed by atoms with E-state index >= 15 is 0 Å². The second kappa shape index (κ2) is 2.10. The Morgan fingerprint density at radius 2 is 2.00 bits per heavy atom. The maximum Gasteiger partial charge on any atom is 0.141 e. The molecule has 0 spiro atoms. The molecule has 0 amide bonds. The van der Waals surface area contributed by atoms with Crippen LogP contribution in [0.5, 0.6) is 0 Å². The highest BCUT2D eigenvalue weighted by molar-refractivity contribution is 5.41. The number of hydrogen-bond donors (Lipinski definition) is 0. The number of benzene rings is 1. The van der Waals surface area contributed by atoms with Crippen molar-refractivity contribution < 1.29 is 9.47 Å². The summed E-state index contributed by atoms with van der Waals surface area (Å²) >= 11 is 0. The van der Waals surface area contributed by atoms with E-state index in [4.69, 9.17) is 9.47 Å². The largest absolute Gasteiger partial charge is 0.362 e. The molecule has 2 saturated heterocycles. The van der Waals surface area contributed by atoms with Gasteiger partial charge in [-0.2, -0.15) is 0 Å². The van der Waals surface area contributed by atoms with E-state index in [1.54, 1.807) is 0 Å². The van der Waals surface area contributed by atoms with E-state index in [2.05, 4.69) is 36.4 Å². The molecule has 1 aliphatic carbocycles. The van der Waals surface area contributed by atoms with Gasteiger partial charge >= 0.3 is 0 Å². The SMILES string of the molecule is C1=CC2(c3ccccc3)OC2C2OC12. The minimum absolute atomic E-state index is 0.154. The number of ether oxygens (including phenoxy) is 2. The summed E-state index contributed by atoms with van der Waals surface area (Å²) in [5, 5.41) is 0. The fraction of sp³-hybridized carbons (Fsp3) is 0.333. The van der Waals surface area contributed by atoms with Crippen LogP contribution in [0.1, 0.15) is 5.56 Å². The molecule has 70 valence electrons. The van der Waals surface area contributed by atoms with Crippen LogP contribution in [0.15, 0.2) is 42.5 Å². The Labute approximate surface area is 82.1 Å². The minimum atomic E-state index is -0.154. The highest BCUT2D eigenvalue weighted by Gasteiger charge is 2.68. The monoisotopic (exact) mass is 186 g/mol. The Morgan fingerprint density at radius 1 is 1.14 bits per heavy atom. The molecule has 2 aliphatic heterocycles. The van der Waals surface area contributed by atoms with Crippen LogP contribution in [0.2, 0.25) is 0 Å². The Morgan fingerprint density at radius 3 is 2.86 bits per heavy atom. The molecular formula is C12H10O2. The summed E-state index contributed by atoms with van der Waals surface area (Å²) in [4.78, 5) is 0. The zero-order valence-corrected chi connectivity index (χ0v) is 7.59. The average molecular weight is 186 g/mol. The van der Waals surface area contributed by atoms with Crippen molar-refractivity contribution in [1.82, 2.24) is 0 Å². The summed E-state index contributed by atoms with van der Waals surface area (Å²) in [5.41, 5.74) is 1.09. The van der Waals surface area contributed by atoms with Gasteiger partial charge in [0.1, 0.15) is 23.9 Å². The Hall–Kier alpha value is -1.12. The molecule has 2 nitrogen and oxygen atoms in total. The smallest absolute Gasteiger partial charge is 0.141 e. The molecule has 2 heteroatoms. The molecule has 0 bridgehead atoms. The minimum Gasteiger partial charge on any atom is -0.362 e. The second-order valence-corrected chi connectivity index (χ2v) is 4.12. The third-order valence-corrected chi connectivity index (χ3v) is 3.31. The lowest BCUT2D eigenvalue weighted by atomic mass is 9.89. The maximum atomic E-state index is 5.79. The lowest BCUT2D eigenvalue weighted by Crippen LogP contribution is -2.18. The molecule has 1 aromatic rings. The topological polar surface area (TPSA) is 25.1 Å². The summed E-state index contributed by atoms with van der Waals surface area (Å²) in [7, 11) is 0. The zero-order valence-electron chi connectivity index (χ0n) is 7.59. The normalized spacial score (nSPS) is 46.7. The van der Waals surface area contributed by atoms with Crippen LogP contribution in [-0.2, 0) is 15.1 Å². The van der Waals surface area contributed by atoms with Crippen LogP contribution in [0.25, 0.3) is 0 Å². The second-order valence-electron chi connectivity index (χ2n) is 4.12. The van der Waals surface area contributed by atoms with Crippen molar-refractivity contribution in [3.05, 3.63) is 48.0 Å². The van der Waals surface area contributed by atoms with Crippen LogP contribution in [0, 0.1) is 0 Å². The van der Waals surface area contributed by atoms with Gasteiger partial charge in [-0.3, -0.25) is 0 Å². The first-order valence-corrected chi connectivity index (χ1v) is 4.98. The van der Waals surface area contributed by atoms with Crippen LogP contribution in [0.3, 0.4) is 0 Å². The highest BCUT2D eigenvalue weighted by atomic mass is 16.7. The van der Waals surface area contributed by atoms with Gasteiger partial charge in [-0.05, 0) is 11.6 Å². The van der Waals surface area contributed by atoms with Crippen LogP contribution < -0.4 is 0 Å². The number of epoxide rings is 2. The number of hydrogen-bond acceptors (Lipinski definition) is 2. The predicted octanol–water partition coefficient (Wildman–Crippen LogP) is 1.62. The Balaban J connectivity index is 1.80. The predicted molar refractivity (Wildman–Crippen MR) is 50.8 cm³/mol. The fourth-order valence-corrected chi connectivity index (χ4v) is 2.42. The van der Waals surface area contributed by atoms with E-state index in [-0.39, 0.29) is 11.7 Å². The van der Waals surface area contributed by atoms with Gasteiger partial charge < -0.3 is 9.47 Å². The van der Waals surface area contributed by atoms with Crippen molar-refractivity contribution in [2.24, 2.45) is 0 Å². The molecule has 1 aromatic carbocycles. The summed E-state index contributed by atoms with van der Waals surface area (Å²) < 4.78 is 11.3. The average Bonchev–Trinajstić information content (AvgIpc) is 3.11. The summed E-state index contributed by atoms with van der Waals surface area (Å²) in [5.74, 6) is 0. The van der Waals surface area contributed by atoms with Gasteiger partial charge in [0, 0.05) is 0 Å². The lowest BCUT2D eigenvalue weighted by Gasteiger charge is -2.09. The Kier molecular flexibility index (Phi) is 1.08. The molecule has 4 unspecified atom stereocenters. The molecule has 0 saturated carbocycles. The van der Waals surface area contributed by atoms with Gasteiger partial charge in [-0.1, -0.05) is 36.4 Å². The van der Waals surface area contributed by atoms with E-state index in [1.165, 1.54) is 5.56 Å². The summed E-state index contributed by atoms with van der Waals surface area (Å²) in [6.45, 7) is 0. The zero-order chi connectivity index (χ0) is 9.17. The summed E-state index contributed by atoms with van der Waals surface area (Å²) in [6.07, 6.45) is 5.20. The van der Waals surface area contributed by atoms with Gasteiger partial charge in [0.05, 0.1) is 0 Å². The van der Waals surface area contributed by atoms with Crippen molar-refractivity contribution in [3.63, 3.8) is 0 Å². The highest BCUT2D eigenvalue weighted by Crippen LogP contribution is 2.57. The first kappa shape index (κ1) is 7.21.